The Kier molecular flexibility index (Phi) is 6.42. The Morgan fingerprint density at radius 1 is 0.944 bits per heavy atom. The van der Waals surface area contributed by atoms with Crippen molar-refractivity contribution in [2.45, 2.75) is 53.0 Å². The van der Waals surface area contributed by atoms with Crippen LogP contribution in [0.5, 0.6) is 0 Å². The Hall–Kier alpha value is -0.820. The molecule has 0 saturated heterocycles. The number of benzene rings is 1. The lowest BCUT2D eigenvalue weighted by atomic mass is 9.97. The lowest BCUT2D eigenvalue weighted by Gasteiger charge is -2.29. The van der Waals surface area contributed by atoms with Crippen LogP contribution >= 0.6 is 0 Å². The molecule has 0 fully saturated rings. The molecule has 1 aromatic carbocycles. The summed E-state index contributed by atoms with van der Waals surface area (Å²) >= 11 is 0. The van der Waals surface area contributed by atoms with Crippen LogP contribution in [0.25, 0.3) is 0 Å². The molecule has 0 radical (unpaired) electrons. The first-order valence-electron chi connectivity index (χ1n) is 7.29. The minimum atomic E-state index is 0.648. The molecule has 0 amide bonds. The summed E-state index contributed by atoms with van der Waals surface area (Å²) in [4.78, 5) is 2.60. The van der Waals surface area contributed by atoms with E-state index >= 15 is 0 Å². The maximum absolute atomic E-state index is 2.60. The largest absolute Gasteiger partial charge is 0.301 e. The van der Waals surface area contributed by atoms with Gasteiger partial charge in [-0.25, -0.2) is 0 Å². The van der Waals surface area contributed by atoms with Crippen LogP contribution in [0.3, 0.4) is 0 Å². The van der Waals surface area contributed by atoms with Gasteiger partial charge in [0.25, 0.3) is 0 Å². The third-order valence-electron chi connectivity index (χ3n) is 3.55. The summed E-state index contributed by atoms with van der Waals surface area (Å²) in [5.74, 6) is 1.40. The van der Waals surface area contributed by atoms with Crippen molar-refractivity contribution in [1.82, 2.24) is 4.90 Å². The fourth-order valence-corrected chi connectivity index (χ4v) is 2.34. The second-order valence-electron chi connectivity index (χ2n) is 6.08. The van der Waals surface area contributed by atoms with E-state index in [9.17, 15) is 0 Å². The van der Waals surface area contributed by atoms with Gasteiger partial charge in [-0.05, 0) is 44.2 Å². The molecular weight excluding hydrogens is 218 g/mol. The molecule has 0 saturated carbocycles. The third kappa shape index (κ3) is 5.22. The van der Waals surface area contributed by atoms with Crippen molar-refractivity contribution < 1.29 is 0 Å². The predicted octanol–water partition coefficient (Wildman–Crippen LogP) is 4.55. The van der Waals surface area contributed by atoms with Crippen LogP contribution in [-0.2, 0) is 0 Å². The highest BCUT2D eigenvalue weighted by molar-refractivity contribution is 5.18. The first-order chi connectivity index (χ1) is 8.50. The molecule has 0 heterocycles. The summed E-state index contributed by atoms with van der Waals surface area (Å²) in [5, 5.41) is 0. The standard InChI is InChI=1S/C17H29N/c1-14(2)13-18(15(3)4)12-11-16(5)17-9-7-6-8-10-17/h6-10,14-16H,11-13H2,1-5H3. The molecule has 1 heteroatoms. The molecule has 0 aliphatic carbocycles. The van der Waals surface area contributed by atoms with Gasteiger partial charge < -0.3 is 4.90 Å². The molecule has 1 rings (SSSR count). The van der Waals surface area contributed by atoms with E-state index in [-0.39, 0.29) is 0 Å². The molecule has 0 aromatic heterocycles. The van der Waals surface area contributed by atoms with E-state index in [2.05, 4.69) is 69.9 Å². The van der Waals surface area contributed by atoms with Gasteiger partial charge in [-0.15, -0.1) is 0 Å². The van der Waals surface area contributed by atoms with Gasteiger partial charge >= 0.3 is 0 Å². The molecule has 0 aliphatic heterocycles. The van der Waals surface area contributed by atoms with Crippen molar-refractivity contribution in [3.8, 4) is 0 Å². The van der Waals surface area contributed by atoms with Gasteiger partial charge in [0.2, 0.25) is 0 Å². The lowest BCUT2D eigenvalue weighted by molar-refractivity contribution is 0.192. The fraction of sp³-hybridized carbons (Fsp3) is 0.647. The van der Waals surface area contributed by atoms with Gasteiger partial charge in [0.15, 0.2) is 0 Å². The van der Waals surface area contributed by atoms with Crippen molar-refractivity contribution in [3.63, 3.8) is 0 Å². The van der Waals surface area contributed by atoms with Crippen LogP contribution in [0.2, 0.25) is 0 Å². The summed E-state index contributed by atoms with van der Waals surface area (Å²) < 4.78 is 0. The normalized spacial score (nSPS) is 13.6. The van der Waals surface area contributed by atoms with E-state index in [1.807, 2.05) is 0 Å². The van der Waals surface area contributed by atoms with Crippen LogP contribution < -0.4 is 0 Å². The van der Waals surface area contributed by atoms with Gasteiger partial charge in [-0.3, -0.25) is 0 Å². The molecule has 0 spiro atoms. The minimum absolute atomic E-state index is 0.648. The van der Waals surface area contributed by atoms with E-state index in [4.69, 9.17) is 0 Å². The first-order valence-corrected chi connectivity index (χ1v) is 7.29. The number of nitrogens with zero attached hydrogens (tertiary/aromatic N) is 1. The van der Waals surface area contributed by atoms with Gasteiger partial charge in [0, 0.05) is 12.6 Å². The maximum Gasteiger partial charge on any atom is 0.00387 e. The Morgan fingerprint density at radius 3 is 2.06 bits per heavy atom. The molecule has 0 aliphatic rings. The Bertz CT molecular complexity index is 316. The van der Waals surface area contributed by atoms with Crippen LogP contribution in [0.1, 0.15) is 52.5 Å². The molecule has 18 heavy (non-hydrogen) atoms. The lowest BCUT2D eigenvalue weighted by Crippen LogP contribution is -2.35. The van der Waals surface area contributed by atoms with Gasteiger partial charge in [-0.1, -0.05) is 51.1 Å². The second kappa shape index (κ2) is 7.58. The smallest absolute Gasteiger partial charge is 0.00387 e. The molecule has 1 nitrogen and oxygen atoms in total. The number of hydrogen-bond donors (Lipinski definition) is 0. The van der Waals surface area contributed by atoms with Crippen molar-refractivity contribution in [2.24, 2.45) is 5.92 Å². The van der Waals surface area contributed by atoms with Crippen LogP contribution in [0.4, 0.5) is 0 Å². The predicted molar refractivity (Wildman–Crippen MR) is 81.0 cm³/mol. The van der Waals surface area contributed by atoms with Crippen molar-refractivity contribution in [3.05, 3.63) is 35.9 Å². The van der Waals surface area contributed by atoms with Crippen molar-refractivity contribution in [2.75, 3.05) is 13.1 Å². The van der Waals surface area contributed by atoms with Crippen LogP contribution in [0, 0.1) is 5.92 Å². The first kappa shape index (κ1) is 15.2. The third-order valence-corrected chi connectivity index (χ3v) is 3.55. The summed E-state index contributed by atoms with van der Waals surface area (Å²) in [6, 6.07) is 11.5. The van der Waals surface area contributed by atoms with E-state index in [1.165, 1.54) is 25.1 Å². The fourth-order valence-electron chi connectivity index (χ4n) is 2.34. The monoisotopic (exact) mass is 247 g/mol. The van der Waals surface area contributed by atoms with Crippen molar-refractivity contribution >= 4 is 0 Å². The highest BCUT2D eigenvalue weighted by Gasteiger charge is 2.13. The average molecular weight is 247 g/mol. The quantitative estimate of drug-likeness (QED) is 0.683. The van der Waals surface area contributed by atoms with Crippen LogP contribution in [0.15, 0.2) is 30.3 Å². The van der Waals surface area contributed by atoms with Gasteiger partial charge in [0.05, 0.1) is 0 Å². The Labute approximate surface area is 113 Å². The zero-order valence-electron chi connectivity index (χ0n) is 12.7. The highest BCUT2D eigenvalue weighted by Crippen LogP contribution is 2.19. The second-order valence-corrected chi connectivity index (χ2v) is 6.08. The average Bonchev–Trinajstić information content (AvgIpc) is 2.34. The van der Waals surface area contributed by atoms with Gasteiger partial charge in [-0.2, -0.15) is 0 Å². The molecule has 102 valence electrons. The zero-order chi connectivity index (χ0) is 13.5. The Balaban J connectivity index is 2.47. The summed E-state index contributed by atoms with van der Waals surface area (Å²) in [5.41, 5.74) is 1.46. The molecule has 0 bridgehead atoms. The Morgan fingerprint density at radius 2 is 1.56 bits per heavy atom. The summed E-state index contributed by atoms with van der Waals surface area (Å²) in [6.07, 6.45) is 1.24. The summed E-state index contributed by atoms with van der Waals surface area (Å²) in [6.45, 7) is 13.9. The highest BCUT2D eigenvalue weighted by atomic mass is 15.1. The van der Waals surface area contributed by atoms with E-state index < -0.39 is 0 Å². The van der Waals surface area contributed by atoms with Gasteiger partial charge in [0.1, 0.15) is 0 Å². The number of hydrogen-bond acceptors (Lipinski definition) is 1. The molecule has 1 unspecified atom stereocenters. The van der Waals surface area contributed by atoms with E-state index in [0.29, 0.717) is 12.0 Å². The van der Waals surface area contributed by atoms with E-state index in [1.54, 1.807) is 0 Å². The van der Waals surface area contributed by atoms with Crippen molar-refractivity contribution in [1.29, 1.82) is 0 Å². The summed E-state index contributed by atoms with van der Waals surface area (Å²) in [7, 11) is 0. The number of rotatable bonds is 7. The van der Waals surface area contributed by atoms with Crippen LogP contribution in [-0.4, -0.2) is 24.0 Å². The SMILES string of the molecule is CC(C)CN(CCC(C)c1ccccc1)C(C)C. The zero-order valence-corrected chi connectivity index (χ0v) is 12.7. The molecule has 0 N–H and O–H groups in total. The molecule has 1 atom stereocenters. The topological polar surface area (TPSA) is 3.24 Å². The minimum Gasteiger partial charge on any atom is -0.301 e. The van der Waals surface area contributed by atoms with E-state index in [0.717, 1.165) is 5.92 Å². The molecular formula is C17H29N. The maximum atomic E-state index is 2.60. The molecule has 1 aromatic rings.